The standard InChI is InChI=1S/C42H43NO11/c1-3-21-15-24(29-19-35(48)39(50)27-9-5-7-25-26(38(27)29)8-6-10-31(25)44)16-28-22(18-34(47)40(51)37(21)28)12-14-36(49)54-41(42(52)53)30(20-43-4-2)23-11-13-32(45)33(46)17-23/h6,8,10-14,16-19,21,30,41,43-48,50-51H,3-5,7,9,15,20H2,1-2H3,(H,52,53)/b14-12+/t21-,30+,41-/m1/s1. The van der Waals surface area contributed by atoms with Crippen LogP contribution in [0, 0.1) is 0 Å². The SMILES string of the molecule is CCNC[C@@H](c1ccc(O)c(O)c1)[C@@H](OC(=O)/C=C/c1cc(O)c(O)c2c1C=C(c1cc(O)c(O)c3c1-c1cccc(O)c1CCC3)C[C@H]2CC)C(=O)O. The fourth-order valence-electron chi connectivity index (χ4n) is 7.69. The van der Waals surface area contributed by atoms with Gasteiger partial charge in [0.05, 0.1) is 0 Å². The van der Waals surface area contributed by atoms with Gasteiger partial charge in [-0.1, -0.05) is 38.1 Å². The molecular formula is C42H43NO11. The topological polar surface area (TPSA) is 217 Å². The summed E-state index contributed by atoms with van der Waals surface area (Å²) in [7, 11) is 0. The van der Waals surface area contributed by atoms with Crippen LogP contribution in [0.25, 0.3) is 28.9 Å². The number of nitrogens with one attached hydrogen (secondary N) is 1. The van der Waals surface area contributed by atoms with E-state index in [0.29, 0.717) is 77.6 Å². The Morgan fingerprint density at radius 1 is 0.852 bits per heavy atom. The lowest BCUT2D eigenvalue weighted by molar-refractivity contribution is -0.162. The number of esters is 1. The molecule has 282 valence electrons. The molecule has 0 unspecified atom stereocenters. The third-order valence-electron chi connectivity index (χ3n) is 10.4. The van der Waals surface area contributed by atoms with Gasteiger partial charge >= 0.3 is 11.9 Å². The summed E-state index contributed by atoms with van der Waals surface area (Å²) in [5, 5.41) is 87.8. The van der Waals surface area contributed by atoms with Gasteiger partial charge in [0.2, 0.25) is 6.10 Å². The van der Waals surface area contributed by atoms with E-state index in [-0.39, 0.29) is 35.5 Å². The lowest BCUT2D eigenvalue weighted by Crippen LogP contribution is -2.38. The highest BCUT2D eigenvalue weighted by molar-refractivity contribution is 5.98. The summed E-state index contributed by atoms with van der Waals surface area (Å²) < 4.78 is 5.48. The molecule has 0 fully saturated rings. The van der Waals surface area contributed by atoms with Crippen LogP contribution in [0.15, 0.2) is 54.6 Å². The lowest BCUT2D eigenvalue weighted by atomic mass is 9.75. The third-order valence-corrected chi connectivity index (χ3v) is 10.4. The van der Waals surface area contributed by atoms with E-state index in [1.54, 1.807) is 18.2 Å². The number of hydrogen-bond donors (Lipinski definition) is 9. The Bertz CT molecular complexity index is 2190. The van der Waals surface area contributed by atoms with Crippen molar-refractivity contribution in [2.75, 3.05) is 13.1 Å². The van der Waals surface area contributed by atoms with E-state index in [9.17, 15) is 50.4 Å². The molecule has 0 aromatic heterocycles. The predicted octanol–water partition coefficient (Wildman–Crippen LogP) is 6.62. The molecular weight excluding hydrogens is 694 g/mol. The zero-order valence-corrected chi connectivity index (χ0v) is 29.8. The van der Waals surface area contributed by atoms with Crippen molar-refractivity contribution in [3.8, 4) is 51.4 Å². The van der Waals surface area contributed by atoms with Crippen LogP contribution in [0.1, 0.15) is 83.9 Å². The van der Waals surface area contributed by atoms with E-state index in [2.05, 4.69) is 5.32 Å². The minimum atomic E-state index is -1.69. The Morgan fingerprint density at radius 3 is 2.30 bits per heavy atom. The third kappa shape index (κ3) is 7.12. The van der Waals surface area contributed by atoms with Crippen LogP contribution in [-0.2, 0) is 27.2 Å². The molecule has 4 aromatic rings. The number of carbonyl (C=O) groups excluding carboxylic acids is 1. The minimum Gasteiger partial charge on any atom is -0.508 e. The zero-order chi connectivity index (χ0) is 38.8. The van der Waals surface area contributed by atoms with Crippen LogP contribution < -0.4 is 5.32 Å². The molecule has 0 saturated heterocycles. The van der Waals surface area contributed by atoms with Crippen LogP contribution in [0.3, 0.4) is 0 Å². The van der Waals surface area contributed by atoms with Crippen LogP contribution in [0.5, 0.6) is 40.2 Å². The number of carbonyl (C=O) groups is 2. The summed E-state index contributed by atoms with van der Waals surface area (Å²) in [6, 6.07) is 11.9. The molecule has 0 saturated carbocycles. The Hall–Kier alpha value is -6.14. The minimum absolute atomic E-state index is 0.0700. The number of ether oxygens (including phenoxy) is 1. The number of likely N-dealkylation sites (N-methyl/N-ethyl adjacent to an activating group) is 1. The molecule has 6 rings (SSSR count). The maximum atomic E-state index is 13.3. The molecule has 0 spiro atoms. The fourth-order valence-corrected chi connectivity index (χ4v) is 7.69. The Morgan fingerprint density at radius 2 is 1.59 bits per heavy atom. The van der Waals surface area contributed by atoms with E-state index >= 15 is 0 Å². The van der Waals surface area contributed by atoms with Crippen molar-refractivity contribution in [3.05, 3.63) is 93.6 Å². The number of rotatable bonds is 11. The highest BCUT2D eigenvalue weighted by atomic mass is 16.6. The van der Waals surface area contributed by atoms with Crippen molar-refractivity contribution in [3.63, 3.8) is 0 Å². The first-order valence-electron chi connectivity index (χ1n) is 17.9. The van der Waals surface area contributed by atoms with E-state index in [1.807, 2.05) is 19.9 Å². The summed E-state index contributed by atoms with van der Waals surface area (Å²) in [5.41, 5.74) is 5.61. The Kier molecular flexibility index (Phi) is 10.8. The molecule has 0 heterocycles. The van der Waals surface area contributed by atoms with Gasteiger partial charge in [0, 0.05) is 35.2 Å². The summed E-state index contributed by atoms with van der Waals surface area (Å²) >= 11 is 0. The molecule has 2 aliphatic carbocycles. The first kappa shape index (κ1) is 37.6. The van der Waals surface area contributed by atoms with Crippen LogP contribution in [-0.4, -0.2) is 72.0 Å². The summed E-state index contributed by atoms with van der Waals surface area (Å²) in [5.74, 6) is -5.69. The van der Waals surface area contributed by atoms with Crippen molar-refractivity contribution in [2.24, 2.45) is 0 Å². The van der Waals surface area contributed by atoms with Crippen molar-refractivity contribution in [1.82, 2.24) is 5.32 Å². The van der Waals surface area contributed by atoms with Crippen LogP contribution in [0.2, 0.25) is 0 Å². The summed E-state index contributed by atoms with van der Waals surface area (Å²) in [6.45, 7) is 4.29. The maximum absolute atomic E-state index is 13.3. The van der Waals surface area contributed by atoms with E-state index in [0.717, 1.165) is 22.8 Å². The largest absolute Gasteiger partial charge is 0.508 e. The maximum Gasteiger partial charge on any atom is 0.345 e. The number of hydrogen-bond acceptors (Lipinski definition) is 11. The number of aliphatic carboxylic acids is 1. The number of benzene rings is 4. The monoisotopic (exact) mass is 737 g/mol. The molecule has 0 amide bonds. The van der Waals surface area contributed by atoms with Crippen molar-refractivity contribution in [1.29, 1.82) is 0 Å². The molecule has 0 radical (unpaired) electrons. The normalized spacial score (nSPS) is 16.0. The van der Waals surface area contributed by atoms with Gasteiger partial charge in [0.15, 0.2) is 34.5 Å². The van der Waals surface area contributed by atoms with Gasteiger partial charge in [0.25, 0.3) is 0 Å². The number of carboxylic acid groups (broad SMARTS) is 1. The van der Waals surface area contributed by atoms with Gasteiger partial charge < -0.3 is 50.9 Å². The Labute approximate surface area is 311 Å². The van der Waals surface area contributed by atoms with Gasteiger partial charge in [-0.3, -0.25) is 0 Å². The molecule has 3 atom stereocenters. The van der Waals surface area contributed by atoms with E-state index in [1.165, 1.54) is 36.4 Å². The quantitative estimate of drug-likeness (QED) is 0.0451. The molecule has 0 bridgehead atoms. The Balaban J connectivity index is 1.42. The number of allylic oxidation sites excluding steroid dienone is 1. The molecule has 12 nitrogen and oxygen atoms in total. The van der Waals surface area contributed by atoms with Gasteiger partial charge in [-0.15, -0.1) is 0 Å². The number of carboxylic acids is 1. The average molecular weight is 738 g/mol. The van der Waals surface area contributed by atoms with E-state index < -0.39 is 41.2 Å². The average Bonchev–Trinajstić information content (AvgIpc) is 3.35. The first-order chi connectivity index (χ1) is 25.8. The zero-order valence-electron chi connectivity index (χ0n) is 29.8. The van der Waals surface area contributed by atoms with Gasteiger partial charge in [-0.05, 0) is 120 Å². The number of fused-ring (bicyclic) bond motifs is 4. The highest BCUT2D eigenvalue weighted by Crippen LogP contribution is 2.53. The summed E-state index contributed by atoms with van der Waals surface area (Å²) in [4.78, 5) is 25.8. The van der Waals surface area contributed by atoms with Gasteiger partial charge in [0.1, 0.15) is 5.75 Å². The molecule has 9 N–H and O–H groups in total. The van der Waals surface area contributed by atoms with Crippen molar-refractivity contribution < 1.29 is 55.2 Å². The second-order valence-corrected chi connectivity index (χ2v) is 13.6. The van der Waals surface area contributed by atoms with Crippen LogP contribution >= 0.6 is 0 Å². The van der Waals surface area contributed by atoms with Crippen molar-refractivity contribution >= 4 is 29.7 Å². The van der Waals surface area contributed by atoms with Gasteiger partial charge in [-0.2, -0.15) is 0 Å². The lowest BCUT2D eigenvalue weighted by Gasteiger charge is -2.29. The molecule has 0 aliphatic heterocycles. The number of aromatic hydroxyl groups is 7. The molecule has 4 aromatic carbocycles. The highest BCUT2D eigenvalue weighted by Gasteiger charge is 2.34. The molecule has 54 heavy (non-hydrogen) atoms. The number of phenolic OH excluding ortho intramolecular Hbond substituents is 7. The predicted molar refractivity (Wildman–Crippen MR) is 202 cm³/mol. The smallest absolute Gasteiger partial charge is 0.345 e. The fraction of sp³-hybridized carbons (Fsp3) is 0.286. The second kappa shape index (κ2) is 15.5. The summed E-state index contributed by atoms with van der Waals surface area (Å²) in [6.07, 6.45) is 5.06. The number of phenols is 7. The molecule has 2 aliphatic rings. The first-order valence-corrected chi connectivity index (χ1v) is 17.9. The van der Waals surface area contributed by atoms with Crippen LogP contribution in [0.4, 0.5) is 0 Å². The molecule has 12 heteroatoms. The van der Waals surface area contributed by atoms with E-state index in [4.69, 9.17) is 4.74 Å². The second-order valence-electron chi connectivity index (χ2n) is 13.6. The van der Waals surface area contributed by atoms with Gasteiger partial charge in [-0.25, -0.2) is 9.59 Å². The van der Waals surface area contributed by atoms with Crippen molar-refractivity contribution in [2.45, 2.75) is 63.9 Å².